The molecule has 0 radical (unpaired) electrons. The number of alkyl halides is 4. The summed E-state index contributed by atoms with van der Waals surface area (Å²) in [5, 5.41) is 0. The Balaban J connectivity index is 1.60. The first-order chi connectivity index (χ1) is 10.8. The van der Waals surface area contributed by atoms with Crippen molar-refractivity contribution in [1.29, 1.82) is 0 Å². The van der Waals surface area contributed by atoms with Gasteiger partial charge in [-0.2, -0.15) is 13.2 Å². The molecule has 4 atom stereocenters. The second-order valence-electron chi connectivity index (χ2n) is 9.73. The summed E-state index contributed by atoms with van der Waals surface area (Å²) in [5.41, 5.74) is -1.02. The monoisotopic (exact) mass is 330 g/mol. The fraction of sp³-hybridized carbons (Fsp3) is 1.00. The number of rotatable bonds is 2. The molecule has 0 saturated heterocycles. The third-order valence-electron chi connectivity index (χ3n) is 8.62. The Morgan fingerprint density at radius 3 is 1.91 bits per heavy atom. The predicted octanol–water partition coefficient (Wildman–Crippen LogP) is 5.91. The van der Waals surface area contributed by atoms with E-state index in [-0.39, 0.29) is 11.3 Å². The van der Waals surface area contributed by atoms with Crippen LogP contribution in [0, 0.1) is 40.4 Å². The van der Waals surface area contributed by atoms with Crippen LogP contribution in [0.4, 0.5) is 17.6 Å². The normalized spacial score (nSPS) is 55.6. The van der Waals surface area contributed by atoms with Gasteiger partial charge in [0, 0.05) is 5.41 Å². The SMILES string of the molecule is FC(C(F)(F)F)C12CC3CC(CC(C3)C1C13CCC(CC1)C3)C2. The zero-order chi connectivity index (χ0) is 16.0. The van der Waals surface area contributed by atoms with Crippen molar-refractivity contribution < 1.29 is 17.6 Å². The van der Waals surface area contributed by atoms with E-state index < -0.39 is 17.8 Å². The van der Waals surface area contributed by atoms with Crippen LogP contribution in [0.15, 0.2) is 0 Å². The second kappa shape index (κ2) is 4.46. The molecular formula is C19H26F4. The van der Waals surface area contributed by atoms with E-state index in [0.29, 0.717) is 36.5 Å². The van der Waals surface area contributed by atoms with Crippen molar-refractivity contribution >= 4 is 0 Å². The van der Waals surface area contributed by atoms with Crippen LogP contribution in [0.1, 0.15) is 64.2 Å². The molecule has 0 aromatic heterocycles. The Kier molecular flexibility index (Phi) is 2.91. The summed E-state index contributed by atoms with van der Waals surface area (Å²) in [6.45, 7) is 0. The molecule has 4 heteroatoms. The van der Waals surface area contributed by atoms with Crippen molar-refractivity contribution in [3.8, 4) is 0 Å². The number of hydrogen-bond acceptors (Lipinski definition) is 0. The predicted molar refractivity (Wildman–Crippen MR) is 79.4 cm³/mol. The van der Waals surface area contributed by atoms with Crippen molar-refractivity contribution in [1.82, 2.24) is 0 Å². The van der Waals surface area contributed by atoms with E-state index >= 15 is 0 Å². The van der Waals surface area contributed by atoms with Crippen LogP contribution in [0.5, 0.6) is 0 Å². The molecule has 4 unspecified atom stereocenters. The first-order valence-corrected chi connectivity index (χ1v) is 9.53. The van der Waals surface area contributed by atoms with Crippen molar-refractivity contribution in [2.45, 2.75) is 76.6 Å². The Hall–Kier alpha value is -0.280. The van der Waals surface area contributed by atoms with Gasteiger partial charge in [0.15, 0.2) is 0 Å². The zero-order valence-electron chi connectivity index (χ0n) is 13.5. The Bertz CT molecular complexity index is 488. The van der Waals surface area contributed by atoms with Gasteiger partial charge in [-0.05, 0) is 99.2 Å². The molecule has 0 spiro atoms. The molecular weight excluding hydrogens is 304 g/mol. The van der Waals surface area contributed by atoms with Crippen molar-refractivity contribution in [3.05, 3.63) is 0 Å². The molecule has 0 aromatic rings. The molecule has 0 N–H and O–H groups in total. The van der Waals surface area contributed by atoms with Gasteiger partial charge >= 0.3 is 6.18 Å². The van der Waals surface area contributed by atoms with Gasteiger partial charge in [-0.25, -0.2) is 4.39 Å². The zero-order valence-corrected chi connectivity index (χ0v) is 13.5. The lowest BCUT2D eigenvalue weighted by Crippen LogP contribution is -2.63. The minimum atomic E-state index is -4.68. The Labute approximate surface area is 135 Å². The van der Waals surface area contributed by atoms with Gasteiger partial charge in [-0.3, -0.25) is 0 Å². The van der Waals surface area contributed by atoms with Crippen LogP contribution in [0.2, 0.25) is 0 Å². The summed E-state index contributed by atoms with van der Waals surface area (Å²) in [5.74, 6) is 1.82. The summed E-state index contributed by atoms with van der Waals surface area (Å²) in [4.78, 5) is 0. The van der Waals surface area contributed by atoms with Gasteiger partial charge in [-0.1, -0.05) is 0 Å². The molecule has 6 rings (SSSR count). The van der Waals surface area contributed by atoms with Gasteiger partial charge in [0.1, 0.15) is 0 Å². The summed E-state index contributed by atoms with van der Waals surface area (Å²) in [6.07, 6.45) is 2.56. The van der Waals surface area contributed by atoms with Gasteiger partial charge in [0.05, 0.1) is 0 Å². The first-order valence-electron chi connectivity index (χ1n) is 9.53. The molecule has 23 heavy (non-hydrogen) atoms. The molecule has 0 aliphatic heterocycles. The third-order valence-corrected chi connectivity index (χ3v) is 8.62. The molecule has 0 amide bonds. The van der Waals surface area contributed by atoms with E-state index in [0.717, 1.165) is 38.5 Å². The highest BCUT2D eigenvalue weighted by atomic mass is 19.4. The number of fused-ring (bicyclic) bond motifs is 3. The Morgan fingerprint density at radius 2 is 1.43 bits per heavy atom. The molecule has 6 fully saturated rings. The molecule has 6 aliphatic carbocycles. The summed E-state index contributed by atoms with van der Waals surface area (Å²) < 4.78 is 55.4. The fourth-order valence-electron chi connectivity index (χ4n) is 8.58. The van der Waals surface area contributed by atoms with E-state index in [9.17, 15) is 17.6 Å². The molecule has 0 aromatic carbocycles. The van der Waals surface area contributed by atoms with Gasteiger partial charge in [0.25, 0.3) is 0 Å². The summed E-state index contributed by atoms with van der Waals surface area (Å²) in [6, 6.07) is 0. The van der Waals surface area contributed by atoms with Crippen LogP contribution in [0.3, 0.4) is 0 Å². The quantitative estimate of drug-likeness (QED) is 0.552. The molecule has 0 nitrogen and oxygen atoms in total. The summed E-state index contributed by atoms with van der Waals surface area (Å²) >= 11 is 0. The lowest BCUT2D eigenvalue weighted by atomic mass is 9.39. The van der Waals surface area contributed by atoms with Crippen LogP contribution < -0.4 is 0 Å². The minimum Gasteiger partial charge on any atom is -0.237 e. The molecule has 6 bridgehead atoms. The van der Waals surface area contributed by atoms with E-state index in [1.807, 2.05) is 0 Å². The summed E-state index contributed by atoms with van der Waals surface area (Å²) in [7, 11) is 0. The average molecular weight is 330 g/mol. The highest BCUT2D eigenvalue weighted by molar-refractivity contribution is 5.16. The van der Waals surface area contributed by atoms with Gasteiger partial charge < -0.3 is 0 Å². The molecule has 0 heterocycles. The largest absolute Gasteiger partial charge is 0.420 e. The van der Waals surface area contributed by atoms with Crippen LogP contribution >= 0.6 is 0 Å². The van der Waals surface area contributed by atoms with E-state index in [4.69, 9.17) is 0 Å². The van der Waals surface area contributed by atoms with Crippen LogP contribution in [-0.4, -0.2) is 12.3 Å². The highest BCUT2D eigenvalue weighted by Gasteiger charge is 2.70. The topological polar surface area (TPSA) is 0 Å². The van der Waals surface area contributed by atoms with Crippen LogP contribution in [-0.2, 0) is 0 Å². The Morgan fingerprint density at radius 1 is 0.826 bits per heavy atom. The van der Waals surface area contributed by atoms with E-state index in [2.05, 4.69) is 0 Å². The molecule has 6 saturated carbocycles. The van der Waals surface area contributed by atoms with Crippen molar-refractivity contribution in [2.75, 3.05) is 0 Å². The lowest BCUT2D eigenvalue weighted by Gasteiger charge is -2.66. The third kappa shape index (κ3) is 1.90. The maximum atomic E-state index is 15.0. The van der Waals surface area contributed by atoms with E-state index in [1.165, 1.54) is 12.8 Å². The maximum Gasteiger partial charge on any atom is 0.420 e. The molecule has 130 valence electrons. The molecule has 6 aliphatic rings. The average Bonchev–Trinajstić information content (AvgIpc) is 3.05. The fourth-order valence-corrected chi connectivity index (χ4v) is 8.58. The van der Waals surface area contributed by atoms with Crippen molar-refractivity contribution in [2.24, 2.45) is 40.4 Å². The standard InChI is InChI=1S/C19H26F4/c20-16(19(21,22)23)18-9-12-5-13(10-18)7-14(6-12)15(18)17-3-1-11(8-17)2-4-17/h11-16H,1-10H2. The van der Waals surface area contributed by atoms with Gasteiger partial charge in [0.2, 0.25) is 6.17 Å². The smallest absolute Gasteiger partial charge is 0.237 e. The lowest BCUT2D eigenvalue weighted by molar-refractivity contribution is -0.272. The minimum absolute atomic E-state index is 0.00641. The number of hydrogen-bond donors (Lipinski definition) is 0. The van der Waals surface area contributed by atoms with Crippen LogP contribution in [0.25, 0.3) is 0 Å². The highest BCUT2D eigenvalue weighted by Crippen LogP contribution is 2.74. The maximum absolute atomic E-state index is 15.0. The first kappa shape index (κ1) is 15.0. The number of halogens is 4. The second-order valence-corrected chi connectivity index (χ2v) is 9.73. The van der Waals surface area contributed by atoms with Gasteiger partial charge in [-0.15, -0.1) is 0 Å². The van der Waals surface area contributed by atoms with Crippen molar-refractivity contribution in [3.63, 3.8) is 0 Å². The van der Waals surface area contributed by atoms with E-state index in [1.54, 1.807) is 0 Å².